The van der Waals surface area contributed by atoms with Crippen LogP contribution in [0.3, 0.4) is 0 Å². The molecule has 2 rings (SSSR count). The standard InChI is InChI=1S/C17H19ClN2O4S/c1-11-6-5-7-15(12(11)2)19-17(21)13-8-9-14(18)16(10-13)25(22,23)20(3)24-4/h5-10H,1-4H3,(H,19,21). The summed E-state index contributed by atoms with van der Waals surface area (Å²) < 4.78 is 25.5. The highest BCUT2D eigenvalue weighted by molar-refractivity contribution is 7.89. The van der Waals surface area contributed by atoms with Gasteiger partial charge in [0.25, 0.3) is 15.9 Å². The summed E-state index contributed by atoms with van der Waals surface area (Å²) in [7, 11) is -1.50. The van der Waals surface area contributed by atoms with Gasteiger partial charge in [-0.1, -0.05) is 28.2 Å². The number of hydrogen-bond acceptors (Lipinski definition) is 4. The van der Waals surface area contributed by atoms with Gasteiger partial charge in [0, 0.05) is 18.3 Å². The lowest BCUT2D eigenvalue weighted by Crippen LogP contribution is -2.26. The van der Waals surface area contributed by atoms with Crippen LogP contribution in [0.15, 0.2) is 41.3 Å². The summed E-state index contributed by atoms with van der Waals surface area (Å²) >= 11 is 6.00. The largest absolute Gasteiger partial charge is 0.322 e. The Morgan fingerprint density at radius 2 is 1.88 bits per heavy atom. The Hall–Kier alpha value is -1.93. The second-order valence-electron chi connectivity index (χ2n) is 5.44. The summed E-state index contributed by atoms with van der Waals surface area (Å²) in [5, 5.41) is 2.79. The van der Waals surface area contributed by atoms with Crippen molar-refractivity contribution in [3.05, 3.63) is 58.1 Å². The first-order valence-corrected chi connectivity index (χ1v) is 9.20. The maximum Gasteiger partial charge on any atom is 0.266 e. The SMILES string of the molecule is CON(C)S(=O)(=O)c1cc(C(=O)Nc2cccc(C)c2C)ccc1Cl. The fraction of sp³-hybridized carbons (Fsp3) is 0.235. The van der Waals surface area contributed by atoms with Crippen molar-refractivity contribution in [1.82, 2.24) is 4.47 Å². The van der Waals surface area contributed by atoms with Gasteiger partial charge in [0.15, 0.2) is 0 Å². The number of sulfonamides is 1. The molecule has 6 nitrogen and oxygen atoms in total. The molecular formula is C17H19ClN2O4S. The van der Waals surface area contributed by atoms with Crippen LogP contribution in [0.2, 0.25) is 5.02 Å². The number of carbonyl (C=O) groups is 1. The molecule has 0 radical (unpaired) electrons. The third-order valence-corrected chi connectivity index (χ3v) is 6.08. The minimum atomic E-state index is -3.96. The second kappa shape index (κ2) is 7.53. The molecule has 0 atom stereocenters. The van der Waals surface area contributed by atoms with E-state index in [2.05, 4.69) is 5.32 Å². The highest BCUT2D eigenvalue weighted by Gasteiger charge is 2.25. The molecular weight excluding hydrogens is 364 g/mol. The Kier molecular flexibility index (Phi) is 5.84. The second-order valence-corrected chi connectivity index (χ2v) is 7.76. The summed E-state index contributed by atoms with van der Waals surface area (Å²) in [6.45, 7) is 3.84. The molecule has 2 aromatic rings. The van der Waals surface area contributed by atoms with Gasteiger partial charge in [0.2, 0.25) is 0 Å². The van der Waals surface area contributed by atoms with Gasteiger partial charge < -0.3 is 5.32 Å². The van der Waals surface area contributed by atoms with E-state index in [0.717, 1.165) is 11.1 Å². The van der Waals surface area contributed by atoms with Gasteiger partial charge >= 0.3 is 0 Å². The van der Waals surface area contributed by atoms with Gasteiger partial charge in [-0.25, -0.2) is 8.42 Å². The quantitative estimate of drug-likeness (QED) is 0.804. The normalized spacial score (nSPS) is 11.6. The van der Waals surface area contributed by atoms with E-state index in [4.69, 9.17) is 16.4 Å². The Morgan fingerprint density at radius 3 is 2.52 bits per heavy atom. The van der Waals surface area contributed by atoms with Crippen molar-refractivity contribution in [2.45, 2.75) is 18.7 Å². The van der Waals surface area contributed by atoms with Crippen LogP contribution in [-0.4, -0.2) is 33.0 Å². The number of amides is 1. The number of hydroxylamine groups is 1. The van der Waals surface area contributed by atoms with Gasteiger partial charge in [0.1, 0.15) is 4.90 Å². The summed E-state index contributed by atoms with van der Waals surface area (Å²) in [6, 6.07) is 9.63. The Morgan fingerprint density at radius 1 is 1.20 bits per heavy atom. The molecule has 0 unspecified atom stereocenters. The van der Waals surface area contributed by atoms with Crippen molar-refractivity contribution in [3.63, 3.8) is 0 Å². The first kappa shape index (κ1) is 19.4. The van der Waals surface area contributed by atoms with Crippen LogP contribution in [0.25, 0.3) is 0 Å². The van der Waals surface area contributed by atoms with Crippen LogP contribution in [0, 0.1) is 13.8 Å². The summed E-state index contributed by atoms with van der Waals surface area (Å²) in [5.41, 5.74) is 2.82. The average molecular weight is 383 g/mol. The van der Waals surface area contributed by atoms with Crippen molar-refractivity contribution in [1.29, 1.82) is 0 Å². The van der Waals surface area contributed by atoms with Gasteiger partial charge in [-0.3, -0.25) is 9.63 Å². The number of hydrogen-bond donors (Lipinski definition) is 1. The molecule has 0 aliphatic carbocycles. The molecule has 0 saturated carbocycles. The van der Waals surface area contributed by atoms with E-state index in [-0.39, 0.29) is 15.5 Å². The van der Waals surface area contributed by atoms with Gasteiger partial charge in [-0.2, -0.15) is 0 Å². The third-order valence-electron chi connectivity index (χ3n) is 3.92. The first-order chi connectivity index (χ1) is 11.7. The number of anilines is 1. The van der Waals surface area contributed by atoms with E-state index in [1.54, 1.807) is 6.07 Å². The molecule has 0 saturated heterocycles. The number of rotatable bonds is 5. The molecule has 1 N–H and O–H groups in total. The van der Waals surface area contributed by atoms with E-state index < -0.39 is 15.9 Å². The fourth-order valence-corrected chi connectivity index (χ4v) is 3.63. The summed E-state index contributed by atoms with van der Waals surface area (Å²) in [6.07, 6.45) is 0. The minimum absolute atomic E-state index is 0.00665. The van der Waals surface area contributed by atoms with Crippen LogP contribution in [0.1, 0.15) is 21.5 Å². The number of halogens is 1. The van der Waals surface area contributed by atoms with E-state index in [1.165, 1.54) is 32.4 Å². The predicted molar refractivity (Wildman–Crippen MR) is 97.3 cm³/mol. The zero-order chi connectivity index (χ0) is 18.8. The molecule has 0 fully saturated rings. The van der Waals surface area contributed by atoms with Crippen LogP contribution in [0.4, 0.5) is 5.69 Å². The molecule has 25 heavy (non-hydrogen) atoms. The van der Waals surface area contributed by atoms with E-state index in [0.29, 0.717) is 10.2 Å². The number of nitrogens with one attached hydrogen (secondary N) is 1. The molecule has 0 spiro atoms. The molecule has 0 aromatic heterocycles. The Bertz CT molecular complexity index is 913. The van der Waals surface area contributed by atoms with Gasteiger partial charge in [-0.15, -0.1) is 0 Å². The van der Waals surface area contributed by atoms with E-state index >= 15 is 0 Å². The lowest BCUT2D eigenvalue weighted by atomic mass is 10.1. The molecule has 134 valence electrons. The van der Waals surface area contributed by atoms with Crippen molar-refractivity contribution >= 4 is 33.2 Å². The maximum absolute atomic E-state index is 12.5. The summed E-state index contributed by atoms with van der Waals surface area (Å²) in [4.78, 5) is 17.0. The molecule has 0 heterocycles. The van der Waals surface area contributed by atoms with E-state index in [1.807, 2.05) is 26.0 Å². The highest BCUT2D eigenvalue weighted by Crippen LogP contribution is 2.26. The molecule has 8 heteroatoms. The van der Waals surface area contributed by atoms with Crippen LogP contribution >= 0.6 is 11.6 Å². The topological polar surface area (TPSA) is 75.7 Å². The van der Waals surface area contributed by atoms with Crippen molar-refractivity contribution in [2.75, 3.05) is 19.5 Å². The summed E-state index contributed by atoms with van der Waals surface area (Å²) in [5.74, 6) is -0.429. The van der Waals surface area contributed by atoms with Crippen molar-refractivity contribution in [3.8, 4) is 0 Å². The Balaban J connectivity index is 2.39. The highest BCUT2D eigenvalue weighted by atomic mass is 35.5. The predicted octanol–water partition coefficient (Wildman–Crippen LogP) is 3.39. The maximum atomic E-state index is 12.5. The Labute approximate surface area is 152 Å². The van der Waals surface area contributed by atoms with Crippen molar-refractivity contribution < 1.29 is 18.0 Å². The lowest BCUT2D eigenvalue weighted by Gasteiger charge is -2.16. The number of carbonyl (C=O) groups excluding carboxylic acids is 1. The molecule has 2 aromatic carbocycles. The smallest absolute Gasteiger partial charge is 0.266 e. The van der Waals surface area contributed by atoms with Crippen LogP contribution < -0.4 is 5.32 Å². The zero-order valence-electron chi connectivity index (χ0n) is 14.3. The van der Waals surface area contributed by atoms with Gasteiger partial charge in [-0.05, 0) is 49.2 Å². The van der Waals surface area contributed by atoms with Crippen LogP contribution in [0.5, 0.6) is 0 Å². The van der Waals surface area contributed by atoms with Crippen molar-refractivity contribution in [2.24, 2.45) is 0 Å². The number of benzene rings is 2. The average Bonchev–Trinajstić information content (AvgIpc) is 2.58. The zero-order valence-corrected chi connectivity index (χ0v) is 15.9. The van der Waals surface area contributed by atoms with E-state index in [9.17, 15) is 13.2 Å². The first-order valence-electron chi connectivity index (χ1n) is 7.38. The monoisotopic (exact) mass is 382 g/mol. The minimum Gasteiger partial charge on any atom is -0.322 e. The number of nitrogens with zero attached hydrogens (tertiary/aromatic N) is 1. The molecule has 0 aliphatic heterocycles. The van der Waals surface area contributed by atoms with Gasteiger partial charge in [0.05, 0.1) is 12.1 Å². The van der Waals surface area contributed by atoms with Crippen LogP contribution in [-0.2, 0) is 14.9 Å². The molecule has 1 amide bonds. The lowest BCUT2D eigenvalue weighted by molar-refractivity contribution is -0.0258. The molecule has 0 aliphatic rings. The fourth-order valence-electron chi connectivity index (χ4n) is 2.16. The third kappa shape index (κ3) is 4.01. The molecule has 0 bridgehead atoms. The number of aryl methyl sites for hydroxylation is 1.